The predicted molar refractivity (Wildman–Crippen MR) is 129 cm³/mol. The highest BCUT2D eigenvalue weighted by Crippen LogP contribution is 2.39. The summed E-state index contributed by atoms with van der Waals surface area (Å²) < 4.78 is 0. The second-order valence-corrected chi connectivity index (χ2v) is 7.40. The van der Waals surface area contributed by atoms with Crippen LogP contribution in [0, 0.1) is 0 Å². The van der Waals surface area contributed by atoms with Gasteiger partial charge in [0.05, 0.1) is 0 Å². The van der Waals surface area contributed by atoms with Crippen LogP contribution in [0.5, 0.6) is 17.2 Å². The van der Waals surface area contributed by atoms with Gasteiger partial charge in [-0.05, 0) is 48.0 Å². The number of rotatable bonds is 7. The van der Waals surface area contributed by atoms with Crippen molar-refractivity contribution in [2.45, 2.75) is 12.1 Å². The number of para-hydroxylation sites is 3. The maximum atomic E-state index is 10.6. The second kappa shape index (κ2) is 10.2. The Hall–Kier alpha value is -4.45. The van der Waals surface area contributed by atoms with Crippen molar-refractivity contribution in [1.29, 1.82) is 0 Å². The normalized spacial score (nSPS) is 13.3. The first kappa shape index (κ1) is 21.8. The number of pyridine rings is 1. The fourth-order valence-corrected chi connectivity index (χ4v) is 3.49. The van der Waals surface area contributed by atoms with Crippen molar-refractivity contribution in [3.05, 3.63) is 120 Å². The van der Waals surface area contributed by atoms with Crippen LogP contribution in [0.2, 0.25) is 0 Å². The molecule has 3 aromatic carbocycles. The molecule has 1 heterocycles. The summed E-state index contributed by atoms with van der Waals surface area (Å²) in [5.41, 5.74) is 2.54. The first-order chi connectivity index (χ1) is 16.1. The van der Waals surface area contributed by atoms with Crippen LogP contribution in [-0.4, -0.2) is 32.7 Å². The molecule has 0 saturated carbocycles. The van der Waals surface area contributed by atoms with Crippen molar-refractivity contribution in [3.63, 3.8) is 0 Å². The third kappa shape index (κ3) is 5.25. The molecule has 0 aliphatic carbocycles. The van der Waals surface area contributed by atoms with E-state index in [4.69, 9.17) is 9.98 Å². The van der Waals surface area contributed by atoms with Crippen LogP contribution in [0.25, 0.3) is 0 Å². The third-order valence-corrected chi connectivity index (χ3v) is 5.22. The van der Waals surface area contributed by atoms with Gasteiger partial charge in [-0.2, -0.15) is 0 Å². The van der Waals surface area contributed by atoms with E-state index in [2.05, 4.69) is 4.98 Å². The monoisotopic (exact) mass is 437 g/mol. The molecular weight excluding hydrogens is 414 g/mol. The Labute approximate surface area is 191 Å². The standard InChI is InChI=1S/C27H23N3O3/c31-23-10-4-1-7-20(23)17-29-26(19-13-15-28-16-14-19)27(22-9-3-6-12-25(22)33)30-18-21-8-2-5-11-24(21)32/h1-18,26-27,31-33H. The predicted octanol–water partition coefficient (Wildman–Crippen LogP) is 5.22. The van der Waals surface area contributed by atoms with Crippen LogP contribution < -0.4 is 0 Å². The Morgan fingerprint density at radius 2 is 1.06 bits per heavy atom. The maximum absolute atomic E-state index is 10.6. The molecule has 0 fully saturated rings. The molecular formula is C27H23N3O3. The van der Waals surface area contributed by atoms with Crippen LogP contribution in [0.4, 0.5) is 0 Å². The molecule has 0 aliphatic rings. The van der Waals surface area contributed by atoms with Crippen LogP contribution in [0.15, 0.2) is 107 Å². The Morgan fingerprint density at radius 3 is 1.61 bits per heavy atom. The topological polar surface area (TPSA) is 98.3 Å². The van der Waals surface area contributed by atoms with Gasteiger partial charge < -0.3 is 15.3 Å². The molecule has 0 aliphatic heterocycles. The number of aliphatic imine (C=N–C) groups is 2. The van der Waals surface area contributed by atoms with Crippen molar-refractivity contribution in [2.75, 3.05) is 0 Å². The van der Waals surface area contributed by atoms with E-state index in [1.54, 1.807) is 79.4 Å². The Bertz CT molecular complexity index is 1270. The van der Waals surface area contributed by atoms with Crippen LogP contribution in [-0.2, 0) is 0 Å². The minimum atomic E-state index is -0.615. The van der Waals surface area contributed by atoms with E-state index in [0.717, 1.165) is 5.56 Å². The summed E-state index contributed by atoms with van der Waals surface area (Å²) in [6, 6.07) is 23.3. The smallest absolute Gasteiger partial charge is 0.124 e. The minimum Gasteiger partial charge on any atom is -0.508 e. The van der Waals surface area contributed by atoms with E-state index >= 15 is 0 Å². The number of hydrogen-bond acceptors (Lipinski definition) is 6. The summed E-state index contributed by atoms with van der Waals surface area (Å²) in [7, 11) is 0. The first-order valence-electron chi connectivity index (χ1n) is 10.4. The summed E-state index contributed by atoms with van der Waals surface area (Å²) in [5, 5.41) is 31.0. The van der Waals surface area contributed by atoms with Gasteiger partial charge in [-0.3, -0.25) is 15.0 Å². The maximum Gasteiger partial charge on any atom is 0.124 e. The quantitative estimate of drug-likeness (QED) is 0.345. The van der Waals surface area contributed by atoms with E-state index in [1.807, 2.05) is 30.3 Å². The summed E-state index contributed by atoms with van der Waals surface area (Å²) in [4.78, 5) is 13.6. The van der Waals surface area contributed by atoms with E-state index in [-0.39, 0.29) is 17.2 Å². The van der Waals surface area contributed by atoms with E-state index in [9.17, 15) is 15.3 Å². The second-order valence-electron chi connectivity index (χ2n) is 7.40. The Kier molecular flexibility index (Phi) is 6.75. The Balaban J connectivity index is 1.83. The molecule has 6 nitrogen and oxygen atoms in total. The molecule has 4 aromatic rings. The lowest BCUT2D eigenvalue weighted by molar-refractivity contribution is 0.452. The van der Waals surface area contributed by atoms with Gasteiger partial charge in [0.25, 0.3) is 0 Å². The summed E-state index contributed by atoms with van der Waals surface area (Å²) >= 11 is 0. The van der Waals surface area contributed by atoms with Crippen molar-refractivity contribution >= 4 is 12.4 Å². The molecule has 0 radical (unpaired) electrons. The zero-order chi connectivity index (χ0) is 23.0. The number of nitrogens with zero attached hydrogens (tertiary/aromatic N) is 3. The van der Waals surface area contributed by atoms with Crippen molar-refractivity contribution < 1.29 is 15.3 Å². The average Bonchev–Trinajstić information content (AvgIpc) is 2.84. The van der Waals surface area contributed by atoms with E-state index < -0.39 is 12.1 Å². The zero-order valence-electron chi connectivity index (χ0n) is 17.7. The largest absolute Gasteiger partial charge is 0.508 e. The lowest BCUT2D eigenvalue weighted by Crippen LogP contribution is -2.09. The van der Waals surface area contributed by atoms with Crippen molar-refractivity contribution in [3.8, 4) is 17.2 Å². The average molecular weight is 437 g/mol. The van der Waals surface area contributed by atoms with Gasteiger partial charge in [0, 0.05) is 41.5 Å². The number of aromatic hydroxyl groups is 3. The van der Waals surface area contributed by atoms with Crippen molar-refractivity contribution in [1.82, 2.24) is 4.98 Å². The van der Waals surface area contributed by atoms with Crippen LogP contribution >= 0.6 is 0 Å². The Morgan fingerprint density at radius 1 is 0.576 bits per heavy atom. The summed E-state index contributed by atoms with van der Waals surface area (Å²) in [6.45, 7) is 0. The number of phenols is 3. The molecule has 2 atom stereocenters. The van der Waals surface area contributed by atoms with Gasteiger partial charge in [-0.15, -0.1) is 0 Å². The first-order valence-corrected chi connectivity index (χ1v) is 10.4. The highest BCUT2D eigenvalue weighted by molar-refractivity contribution is 5.84. The van der Waals surface area contributed by atoms with E-state index in [1.165, 1.54) is 0 Å². The lowest BCUT2D eigenvalue weighted by Gasteiger charge is -2.22. The van der Waals surface area contributed by atoms with Gasteiger partial charge in [-0.25, -0.2) is 0 Å². The van der Waals surface area contributed by atoms with Gasteiger partial charge in [0.1, 0.15) is 29.3 Å². The molecule has 0 saturated heterocycles. The molecule has 0 spiro atoms. The highest BCUT2D eigenvalue weighted by Gasteiger charge is 2.26. The SMILES string of the molecule is Oc1ccccc1C=NC(c1ccncc1)C(N=Cc1ccccc1O)c1ccccc1O. The number of aromatic nitrogens is 1. The molecule has 2 unspecified atom stereocenters. The molecule has 164 valence electrons. The highest BCUT2D eigenvalue weighted by atomic mass is 16.3. The fraction of sp³-hybridized carbons (Fsp3) is 0.0741. The number of phenolic OH excluding ortho intramolecular Hbond substituents is 3. The molecule has 1 aromatic heterocycles. The molecule has 3 N–H and O–H groups in total. The van der Waals surface area contributed by atoms with Gasteiger partial charge in [0.2, 0.25) is 0 Å². The van der Waals surface area contributed by atoms with Gasteiger partial charge >= 0.3 is 0 Å². The zero-order valence-corrected chi connectivity index (χ0v) is 17.7. The molecule has 4 rings (SSSR count). The fourth-order valence-electron chi connectivity index (χ4n) is 3.49. The number of hydrogen-bond donors (Lipinski definition) is 3. The van der Waals surface area contributed by atoms with Gasteiger partial charge in [-0.1, -0.05) is 42.5 Å². The van der Waals surface area contributed by atoms with Crippen LogP contribution in [0.3, 0.4) is 0 Å². The molecule has 0 amide bonds. The summed E-state index contributed by atoms with van der Waals surface area (Å²) in [5.74, 6) is 0.316. The minimum absolute atomic E-state index is 0.0914. The third-order valence-electron chi connectivity index (χ3n) is 5.22. The number of benzene rings is 3. The molecule has 33 heavy (non-hydrogen) atoms. The van der Waals surface area contributed by atoms with Crippen LogP contribution in [0.1, 0.15) is 34.3 Å². The summed E-state index contributed by atoms with van der Waals surface area (Å²) in [6.07, 6.45) is 6.53. The van der Waals surface area contributed by atoms with Crippen molar-refractivity contribution in [2.24, 2.45) is 9.98 Å². The van der Waals surface area contributed by atoms with Gasteiger partial charge in [0.15, 0.2) is 0 Å². The van der Waals surface area contributed by atoms with E-state index in [0.29, 0.717) is 16.7 Å². The lowest BCUT2D eigenvalue weighted by atomic mass is 9.94. The molecule has 0 bridgehead atoms. The molecule has 6 heteroatoms.